The third kappa shape index (κ3) is 3.47. The predicted octanol–water partition coefficient (Wildman–Crippen LogP) is 3.53. The molecule has 0 atom stereocenters. The van der Waals surface area contributed by atoms with Crippen molar-refractivity contribution in [1.82, 2.24) is 5.16 Å². The monoisotopic (exact) mass is 340 g/mol. The summed E-state index contributed by atoms with van der Waals surface area (Å²) in [6, 6.07) is 14.6. The molecule has 0 bridgehead atoms. The van der Waals surface area contributed by atoms with Gasteiger partial charge in [-0.25, -0.2) is 4.79 Å². The van der Waals surface area contributed by atoms with Gasteiger partial charge in [0.1, 0.15) is 12.2 Å². The molecule has 1 aromatic heterocycles. The molecule has 3 aromatic rings. The fraction of sp³-hybridized carbons (Fsp3) is 0.0588. The molecule has 0 saturated carbocycles. The first kappa shape index (κ1) is 16.2. The first-order valence-corrected chi connectivity index (χ1v) is 7.21. The quantitative estimate of drug-likeness (QED) is 0.539. The fourth-order valence-corrected chi connectivity index (χ4v) is 2.29. The van der Waals surface area contributed by atoms with Crippen molar-refractivity contribution in [3.05, 3.63) is 76.0 Å². The van der Waals surface area contributed by atoms with Crippen LogP contribution in [0.3, 0.4) is 0 Å². The largest absolute Gasteiger partial charge is 0.476 e. The average Bonchev–Trinajstić information content (AvgIpc) is 3.05. The lowest BCUT2D eigenvalue weighted by atomic mass is 10.1. The summed E-state index contributed by atoms with van der Waals surface area (Å²) < 4.78 is 10.6. The van der Waals surface area contributed by atoms with E-state index in [1.165, 1.54) is 18.2 Å². The van der Waals surface area contributed by atoms with Crippen LogP contribution >= 0.6 is 0 Å². The number of nitro benzene ring substituents is 1. The molecule has 0 saturated heterocycles. The van der Waals surface area contributed by atoms with E-state index in [-0.39, 0.29) is 29.5 Å². The first-order chi connectivity index (χ1) is 12.1. The maximum Gasteiger partial charge on any atom is 0.358 e. The number of nitrogens with zero attached hydrogens (tertiary/aromatic N) is 2. The van der Waals surface area contributed by atoms with Gasteiger partial charge < -0.3 is 14.4 Å². The average molecular weight is 340 g/mol. The Kier molecular flexibility index (Phi) is 4.42. The Morgan fingerprint density at radius 3 is 2.64 bits per heavy atom. The van der Waals surface area contributed by atoms with Crippen LogP contribution in [0.4, 0.5) is 5.69 Å². The summed E-state index contributed by atoms with van der Waals surface area (Å²) in [5, 5.41) is 23.6. The minimum absolute atomic E-state index is 0.0320. The summed E-state index contributed by atoms with van der Waals surface area (Å²) in [7, 11) is 0. The van der Waals surface area contributed by atoms with E-state index in [2.05, 4.69) is 5.16 Å². The zero-order chi connectivity index (χ0) is 17.8. The predicted molar refractivity (Wildman–Crippen MR) is 86.3 cm³/mol. The van der Waals surface area contributed by atoms with E-state index in [9.17, 15) is 20.0 Å². The number of aromatic nitrogens is 1. The van der Waals surface area contributed by atoms with Crippen LogP contribution in [0.2, 0.25) is 0 Å². The highest BCUT2D eigenvalue weighted by Crippen LogP contribution is 2.34. The molecule has 1 N–H and O–H groups in total. The number of carbonyl (C=O) groups is 1. The molecule has 0 radical (unpaired) electrons. The number of benzene rings is 2. The van der Waals surface area contributed by atoms with Gasteiger partial charge in [-0.1, -0.05) is 47.6 Å². The van der Waals surface area contributed by atoms with Crippen molar-refractivity contribution in [3.63, 3.8) is 0 Å². The van der Waals surface area contributed by atoms with Crippen molar-refractivity contribution in [1.29, 1.82) is 0 Å². The van der Waals surface area contributed by atoms with Crippen LogP contribution in [-0.2, 0) is 6.61 Å². The van der Waals surface area contributed by atoms with E-state index in [0.29, 0.717) is 11.1 Å². The van der Waals surface area contributed by atoms with Crippen LogP contribution in [-0.4, -0.2) is 21.2 Å². The van der Waals surface area contributed by atoms with Gasteiger partial charge in [-0.15, -0.1) is 0 Å². The molecule has 0 aliphatic heterocycles. The van der Waals surface area contributed by atoms with E-state index in [1.54, 1.807) is 36.4 Å². The van der Waals surface area contributed by atoms with E-state index >= 15 is 0 Å². The maximum atomic E-state index is 11.3. The molecule has 126 valence electrons. The van der Waals surface area contributed by atoms with E-state index < -0.39 is 10.9 Å². The van der Waals surface area contributed by atoms with Gasteiger partial charge in [-0.05, 0) is 11.1 Å². The molecule has 0 spiro atoms. The Balaban J connectivity index is 1.90. The van der Waals surface area contributed by atoms with E-state index in [0.717, 1.165) is 0 Å². The lowest BCUT2D eigenvalue weighted by molar-refractivity contribution is -0.384. The van der Waals surface area contributed by atoms with Gasteiger partial charge in [0, 0.05) is 12.1 Å². The van der Waals surface area contributed by atoms with Crippen LogP contribution < -0.4 is 4.74 Å². The number of nitro groups is 1. The zero-order valence-corrected chi connectivity index (χ0v) is 12.8. The van der Waals surface area contributed by atoms with Gasteiger partial charge in [-0.2, -0.15) is 0 Å². The highest BCUT2D eigenvalue weighted by molar-refractivity contribution is 5.95. The van der Waals surface area contributed by atoms with Crippen molar-refractivity contribution >= 4 is 11.7 Å². The molecule has 2 aromatic carbocycles. The second-order valence-corrected chi connectivity index (χ2v) is 5.08. The zero-order valence-electron chi connectivity index (χ0n) is 12.8. The number of hydrogen-bond acceptors (Lipinski definition) is 6. The Bertz CT molecular complexity index is 920. The minimum Gasteiger partial charge on any atom is -0.476 e. The van der Waals surface area contributed by atoms with Crippen molar-refractivity contribution in [3.8, 4) is 17.1 Å². The number of rotatable bonds is 6. The Hall–Kier alpha value is -3.68. The lowest BCUT2D eigenvalue weighted by Gasteiger charge is -2.05. The van der Waals surface area contributed by atoms with Gasteiger partial charge in [0.2, 0.25) is 5.69 Å². The number of carboxylic acid groups (broad SMARTS) is 1. The van der Waals surface area contributed by atoms with Gasteiger partial charge in [0.05, 0.1) is 4.92 Å². The molecule has 1 heterocycles. The molecular weight excluding hydrogens is 328 g/mol. The van der Waals surface area contributed by atoms with Crippen LogP contribution in [0.15, 0.2) is 59.1 Å². The lowest BCUT2D eigenvalue weighted by Crippen LogP contribution is -2.00. The van der Waals surface area contributed by atoms with E-state index in [1.807, 2.05) is 0 Å². The molecular formula is C17H12N2O6. The number of non-ortho nitro benzene ring substituents is 1. The molecule has 0 aliphatic carbocycles. The molecule has 25 heavy (non-hydrogen) atoms. The molecule has 0 aliphatic rings. The minimum atomic E-state index is -1.24. The Morgan fingerprint density at radius 1 is 1.20 bits per heavy atom. The molecule has 8 heteroatoms. The molecule has 0 unspecified atom stereocenters. The normalized spacial score (nSPS) is 10.4. The second-order valence-electron chi connectivity index (χ2n) is 5.08. The smallest absolute Gasteiger partial charge is 0.358 e. The fourth-order valence-electron chi connectivity index (χ4n) is 2.29. The third-order valence-corrected chi connectivity index (χ3v) is 3.42. The van der Waals surface area contributed by atoms with Crippen molar-refractivity contribution in [2.24, 2.45) is 0 Å². The number of hydrogen-bond donors (Lipinski definition) is 1. The van der Waals surface area contributed by atoms with Gasteiger partial charge in [0.15, 0.2) is 0 Å². The van der Waals surface area contributed by atoms with Crippen LogP contribution in [0.5, 0.6) is 5.95 Å². The molecule has 0 amide bonds. The van der Waals surface area contributed by atoms with Crippen molar-refractivity contribution in [2.45, 2.75) is 6.61 Å². The highest BCUT2D eigenvalue weighted by atomic mass is 16.6. The summed E-state index contributed by atoms with van der Waals surface area (Å²) >= 11 is 0. The third-order valence-electron chi connectivity index (χ3n) is 3.42. The molecule has 0 fully saturated rings. The topological polar surface area (TPSA) is 116 Å². The first-order valence-electron chi connectivity index (χ1n) is 7.21. The SMILES string of the molecule is O=C(O)c1noc(OCc2cccc([N+](=O)[O-])c2)c1-c1ccccc1. The second kappa shape index (κ2) is 6.83. The van der Waals surface area contributed by atoms with Crippen LogP contribution in [0.25, 0.3) is 11.1 Å². The summed E-state index contributed by atoms with van der Waals surface area (Å²) in [6.45, 7) is -0.0320. The number of aromatic carboxylic acids is 1. The summed E-state index contributed by atoms with van der Waals surface area (Å²) in [6.07, 6.45) is 0. The maximum absolute atomic E-state index is 11.3. The Morgan fingerprint density at radius 2 is 1.96 bits per heavy atom. The van der Waals surface area contributed by atoms with E-state index in [4.69, 9.17) is 9.26 Å². The number of carboxylic acids is 1. The molecule has 3 rings (SSSR count). The highest BCUT2D eigenvalue weighted by Gasteiger charge is 2.24. The summed E-state index contributed by atoms with van der Waals surface area (Å²) in [4.78, 5) is 21.7. The van der Waals surface area contributed by atoms with Gasteiger partial charge in [-0.3, -0.25) is 10.1 Å². The van der Waals surface area contributed by atoms with Gasteiger partial charge in [0.25, 0.3) is 5.69 Å². The van der Waals surface area contributed by atoms with Crippen molar-refractivity contribution in [2.75, 3.05) is 0 Å². The van der Waals surface area contributed by atoms with Crippen molar-refractivity contribution < 1.29 is 24.1 Å². The Labute approximate surface area is 141 Å². The summed E-state index contributed by atoms with van der Waals surface area (Å²) in [5.41, 5.74) is 1.02. The van der Waals surface area contributed by atoms with Gasteiger partial charge >= 0.3 is 11.9 Å². The number of ether oxygens (including phenoxy) is 1. The molecule has 8 nitrogen and oxygen atoms in total. The standard InChI is InChI=1S/C17H12N2O6/c20-16(21)15-14(12-6-2-1-3-7-12)17(25-18-15)24-10-11-5-4-8-13(9-11)19(22)23/h1-9H,10H2,(H,20,21). The van der Waals surface area contributed by atoms with Crippen LogP contribution in [0.1, 0.15) is 16.1 Å². The van der Waals surface area contributed by atoms with Crippen LogP contribution in [0, 0.1) is 10.1 Å². The summed E-state index contributed by atoms with van der Waals surface area (Å²) in [5.74, 6) is -1.30.